The van der Waals surface area contributed by atoms with E-state index in [9.17, 15) is 0 Å². The molecular formula is C21H22N4. The van der Waals surface area contributed by atoms with Gasteiger partial charge in [-0.1, -0.05) is 38.1 Å². The molecule has 0 saturated carbocycles. The number of aromatic nitrogens is 2. The zero-order valence-electron chi connectivity index (χ0n) is 14.7. The van der Waals surface area contributed by atoms with E-state index in [1.165, 1.54) is 16.9 Å². The molecule has 1 fully saturated rings. The van der Waals surface area contributed by atoms with Crippen molar-refractivity contribution in [2.75, 3.05) is 13.1 Å². The number of likely N-dealkylation sites (tertiary alicyclic amines) is 1. The van der Waals surface area contributed by atoms with E-state index < -0.39 is 0 Å². The Balaban J connectivity index is 1.51. The number of hydrogen-bond acceptors (Lipinski definition) is 3. The monoisotopic (exact) mass is 330 g/mol. The van der Waals surface area contributed by atoms with Gasteiger partial charge in [0.25, 0.3) is 0 Å². The Hall–Kier alpha value is -2.64. The number of nitriles is 1. The lowest BCUT2D eigenvalue weighted by molar-refractivity contribution is 0.0990. The molecule has 2 aromatic carbocycles. The molecule has 3 aromatic rings. The third-order valence-corrected chi connectivity index (χ3v) is 4.93. The maximum absolute atomic E-state index is 8.90. The predicted molar refractivity (Wildman–Crippen MR) is 99.3 cm³/mol. The van der Waals surface area contributed by atoms with Crippen molar-refractivity contribution < 1.29 is 0 Å². The Morgan fingerprint density at radius 3 is 2.52 bits per heavy atom. The van der Waals surface area contributed by atoms with E-state index in [0.717, 1.165) is 30.7 Å². The molecule has 0 radical (unpaired) electrons. The van der Waals surface area contributed by atoms with Crippen molar-refractivity contribution in [3.05, 3.63) is 65.5 Å². The molecule has 0 spiro atoms. The number of rotatable bonds is 4. The molecule has 4 nitrogen and oxygen atoms in total. The molecule has 2 heterocycles. The standard InChI is InChI=1S/C21H22N4/c1-15(2)21-23-19-5-3-4-6-20(19)25(21)18-13-24(14-18)12-17-9-7-16(11-22)8-10-17/h3-10,15,18H,12-14H2,1-2H3. The van der Waals surface area contributed by atoms with Gasteiger partial charge < -0.3 is 4.57 Å². The number of nitrogens with zero attached hydrogens (tertiary/aromatic N) is 4. The van der Waals surface area contributed by atoms with E-state index in [1.54, 1.807) is 0 Å². The zero-order valence-corrected chi connectivity index (χ0v) is 14.7. The van der Waals surface area contributed by atoms with Crippen LogP contribution in [0.1, 0.15) is 42.8 Å². The van der Waals surface area contributed by atoms with Crippen LogP contribution in [-0.2, 0) is 6.54 Å². The maximum Gasteiger partial charge on any atom is 0.112 e. The van der Waals surface area contributed by atoms with Gasteiger partial charge in [-0.25, -0.2) is 4.98 Å². The molecule has 0 bridgehead atoms. The van der Waals surface area contributed by atoms with Gasteiger partial charge in [0.05, 0.1) is 28.7 Å². The van der Waals surface area contributed by atoms with Crippen LogP contribution in [-0.4, -0.2) is 27.5 Å². The Labute approximate surface area is 148 Å². The summed E-state index contributed by atoms with van der Waals surface area (Å²) >= 11 is 0. The van der Waals surface area contributed by atoms with Crippen LogP contribution in [0.25, 0.3) is 11.0 Å². The van der Waals surface area contributed by atoms with E-state index in [4.69, 9.17) is 10.2 Å². The quantitative estimate of drug-likeness (QED) is 0.724. The highest BCUT2D eigenvalue weighted by Crippen LogP contribution is 2.31. The van der Waals surface area contributed by atoms with Crippen molar-refractivity contribution in [2.45, 2.75) is 32.4 Å². The fourth-order valence-corrected chi connectivity index (χ4v) is 3.63. The zero-order chi connectivity index (χ0) is 17.4. The summed E-state index contributed by atoms with van der Waals surface area (Å²) in [6.45, 7) is 7.45. The van der Waals surface area contributed by atoms with Crippen LogP contribution in [0.15, 0.2) is 48.5 Å². The van der Waals surface area contributed by atoms with Gasteiger partial charge in [0, 0.05) is 25.6 Å². The Morgan fingerprint density at radius 2 is 1.84 bits per heavy atom. The lowest BCUT2D eigenvalue weighted by Gasteiger charge is -2.41. The third-order valence-electron chi connectivity index (χ3n) is 4.93. The number of benzene rings is 2. The number of imidazole rings is 1. The van der Waals surface area contributed by atoms with Gasteiger partial charge in [-0.3, -0.25) is 4.90 Å². The van der Waals surface area contributed by atoms with Crippen molar-refractivity contribution >= 4 is 11.0 Å². The first kappa shape index (κ1) is 15.9. The topological polar surface area (TPSA) is 44.9 Å². The lowest BCUT2D eigenvalue weighted by atomic mass is 10.0. The van der Waals surface area contributed by atoms with Crippen LogP contribution in [0.4, 0.5) is 0 Å². The van der Waals surface area contributed by atoms with Gasteiger partial charge in [-0.05, 0) is 29.8 Å². The second-order valence-electron chi connectivity index (χ2n) is 7.14. The summed E-state index contributed by atoms with van der Waals surface area (Å²) in [5, 5.41) is 8.90. The highest BCUT2D eigenvalue weighted by Gasteiger charge is 2.31. The first-order valence-corrected chi connectivity index (χ1v) is 8.84. The van der Waals surface area contributed by atoms with E-state index in [0.29, 0.717) is 12.0 Å². The Kier molecular flexibility index (Phi) is 4.03. The van der Waals surface area contributed by atoms with Crippen molar-refractivity contribution in [3.8, 4) is 6.07 Å². The van der Waals surface area contributed by atoms with Crippen LogP contribution in [0.3, 0.4) is 0 Å². The van der Waals surface area contributed by atoms with Crippen LogP contribution >= 0.6 is 0 Å². The molecule has 0 unspecified atom stereocenters. The average Bonchev–Trinajstić information content (AvgIpc) is 2.98. The molecule has 0 aliphatic carbocycles. The number of para-hydroxylation sites is 2. The summed E-state index contributed by atoms with van der Waals surface area (Å²) in [6, 6.07) is 19.0. The summed E-state index contributed by atoms with van der Waals surface area (Å²) in [4.78, 5) is 7.31. The van der Waals surface area contributed by atoms with Gasteiger partial charge in [-0.15, -0.1) is 0 Å². The van der Waals surface area contributed by atoms with E-state index >= 15 is 0 Å². The van der Waals surface area contributed by atoms with Gasteiger partial charge in [-0.2, -0.15) is 5.26 Å². The number of hydrogen-bond donors (Lipinski definition) is 0. The first-order chi connectivity index (χ1) is 12.2. The van der Waals surface area contributed by atoms with Gasteiger partial charge >= 0.3 is 0 Å². The summed E-state index contributed by atoms with van der Waals surface area (Å²) in [6.07, 6.45) is 0. The number of fused-ring (bicyclic) bond motifs is 1. The molecule has 1 aliphatic heterocycles. The van der Waals surface area contributed by atoms with Crippen molar-refractivity contribution in [3.63, 3.8) is 0 Å². The third kappa shape index (κ3) is 2.92. The second-order valence-corrected chi connectivity index (χ2v) is 7.14. The largest absolute Gasteiger partial charge is 0.322 e. The minimum Gasteiger partial charge on any atom is -0.322 e. The summed E-state index contributed by atoms with van der Waals surface area (Å²) in [7, 11) is 0. The predicted octanol–water partition coefficient (Wildman–Crippen LogP) is 4.09. The molecule has 0 amide bonds. The summed E-state index contributed by atoms with van der Waals surface area (Å²) in [5.74, 6) is 1.60. The fraction of sp³-hybridized carbons (Fsp3) is 0.333. The van der Waals surface area contributed by atoms with E-state index in [-0.39, 0.29) is 0 Å². The van der Waals surface area contributed by atoms with Crippen LogP contribution < -0.4 is 0 Å². The van der Waals surface area contributed by atoms with Crippen molar-refractivity contribution in [2.24, 2.45) is 0 Å². The Bertz CT molecular complexity index is 925. The fourth-order valence-electron chi connectivity index (χ4n) is 3.63. The normalized spacial score (nSPS) is 15.4. The molecule has 1 aliphatic rings. The van der Waals surface area contributed by atoms with Crippen LogP contribution in [0.2, 0.25) is 0 Å². The molecular weight excluding hydrogens is 308 g/mol. The SMILES string of the molecule is CC(C)c1nc2ccccc2n1C1CN(Cc2ccc(C#N)cc2)C1. The molecule has 1 aromatic heterocycles. The van der Waals surface area contributed by atoms with Gasteiger partial charge in [0.15, 0.2) is 0 Å². The van der Waals surface area contributed by atoms with Gasteiger partial charge in [0.1, 0.15) is 5.82 Å². The van der Waals surface area contributed by atoms with E-state index in [1.807, 2.05) is 12.1 Å². The van der Waals surface area contributed by atoms with Crippen molar-refractivity contribution in [1.29, 1.82) is 5.26 Å². The maximum atomic E-state index is 8.90. The highest BCUT2D eigenvalue weighted by atomic mass is 15.3. The smallest absolute Gasteiger partial charge is 0.112 e. The van der Waals surface area contributed by atoms with Gasteiger partial charge in [0.2, 0.25) is 0 Å². The molecule has 0 atom stereocenters. The average molecular weight is 330 g/mol. The molecule has 0 N–H and O–H groups in total. The lowest BCUT2D eigenvalue weighted by Crippen LogP contribution is -2.47. The highest BCUT2D eigenvalue weighted by molar-refractivity contribution is 5.76. The molecule has 4 rings (SSSR count). The minimum atomic E-state index is 0.417. The first-order valence-electron chi connectivity index (χ1n) is 8.84. The molecule has 126 valence electrons. The van der Waals surface area contributed by atoms with Crippen LogP contribution in [0.5, 0.6) is 0 Å². The second kappa shape index (κ2) is 6.34. The summed E-state index contributed by atoms with van der Waals surface area (Å²) in [5.41, 5.74) is 4.32. The molecule has 1 saturated heterocycles. The molecule has 4 heteroatoms. The van der Waals surface area contributed by atoms with E-state index in [2.05, 4.69) is 65.8 Å². The minimum absolute atomic E-state index is 0.417. The van der Waals surface area contributed by atoms with Crippen LogP contribution in [0, 0.1) is 11.3 Å². The molecule has 25 heavy (non-hydrogen) atoms. The summed E-state index contributed by atoms with van der Waals surface area (Å²) < 4.78 is 2.44. The van der Waals surface area contributed by atoms with Crippen molar-refractivity contribution in [1.82, 2.24) is 14.5 Å². The Morgan fingerprint density at radius 1 is 1.12 bits per heavy atom.